The van der Waals surface area contributed by atoms with E-state index >= 15 is 0 Å². The molecule has 0 aromatic heterocycles. The molecule has 2 saturated heterocycles. The van der Waals surface area contributed by atoms with Crippen LogP contribution in [0.3, 0.4) is 0 Å². The largest absolute Gasteiger partial charge is 0.481 e. The number of amides is 1. The quantitative estimate of drug-likeness (QED) is 0.859. The number of hydrogen-bond donors (Lipinski definition) is 1. The molecule has 2 aliphatic heterocycles. The molecular formula is C16H28N2O3. The van der Waals surface area contributed by atoms with E-state index in [0.717, 1.165) is 25.9 Å². The summed E-state index contributed by atoms with van der Waals surface area (Å²) in [5.41, 5.74) is -0.698. The van der Waals surface area contributed by atoms with Crippen LogP contribution in [0.25, 0.3) is 0 Å². The highest BCUT2D eigenvalue weighted by Crippen LogP contribution is 2.39. The zero-order chi connectivity index (χ0) is 15.6. The molecule has 1 N–H and O–H groups in total. The summed E-state index contributed by atoms with van der Waals surface area (Å²) in [6, 6.07) is -0.205. The molecule has 2 atom stereocenters. The third kappa shape index (κ3) is 3.07. The Balaban J connectivity index is 2.02. The topological polar surface area (TPSA) is 60.9 Å². The van der Waals surface area contributed by atoms with Gasteiger partial charge < -0.3 is 10.0 Å². The van der Waals surface area contributed by atoms with E-state index in [2.05, 4.69) is 4.90 Å². The van der Waals surface area contributed by atoms with Gasteiger partial charge in [0.25, 0.3) is 0 Å². The monoisotopic (exact) mass is 296 g/mol. The summed E-state index contributed by atoms with van der Waals surface area (Å²) in [4.78, 5) is 28.3. The highest BCUT2D eigenvalue weighted by Gasteiger charge is 2.49. The van der Waals surface area contributed by atoms with E-state index in [-0.39, 0.29) is 17.9 Å². The van der Waals surface area contributed by atoms with Gasteiger partial charge in [-0.1, -0.05) is 13.8 Å². The highest BCUT2D eigenvalue weighted by atomic mass is 16.4. The molecule has 0 aromatic rings. The predicted octanol–water partition coefficient (Wildman–Crippen LogP) is 1.82. The van der Waals surface area contributed by atoms with Gasteiger partial charge in [0.1, 0.15) is 0 Å². The predicted molar refractivity (Wildman–Crippen MR) is 81.0 cm³/mol. The Kier molecular flexibility index (Phi) is 4.91. The van der Waals surface area contributed by atoms with Crippen molar-refractivity contribution in [2.75, 3.05) is 26.2 Å². The van der Waals surface area contributed by atoms with Gasteiger partial charge in [0.15, 0.2) is 0 Å². The van der Waals surface area contributed by atoms with Crippen molar-refractivity contribution in [3.8, 4) is 0 Å². The van der Waals surface area contributed by atoms with Gasteiger partial charge in [-0.25, -0.2) is 0 Å². The normalized spacial score (nSPS) is 28.9. The zero-order valence-electron chi connectivity index (χ0n) is 13.5. The van der Waals surface area contributed by atoms with E-state index in [1.807, 2.05) is 25.7 Å². The molecule has 5 nitrogen and oxygen atoms in total. The minimum absolute atomic E-state index is 0.0808. The fourth-order valence-electron chi connectivity index (χ4n) is 3.62. The number of hydrogen-bond acceptors (Lipinski definition) is 3. The van der Waals surface area contributed by atoms with Crippen LogP contribution < -0.4 is 0 Å². The minimum Gasteiger partial charge on any atom is -0.481 e. The molecule has 0 aromatic carbocycles. The second-order valence-electron chi connectivity index (χ2n) is 6.90. The van der Waals surface area contributed by atoms with Crippen molar-refractivity contribution in [1.29, 1.82) is 0 Å². The molecule has 2 rings (SSSR count). The summed E-state index contributed by atoms with van der Waals surface area (Å²) in [6.45, 7) is 8.75. The molecule has 21 heavy (non-hydrogen) atoms. The second-order valence-corrected chi connectivity index (χ2v) is 6.90. The van der Waals surface area contributed by atoms with Gasteiger partial charge in [0, 0.05) is 26.2 Å². The maximum Gasteiger partial charge on any atom is 0.311 e. The molecule has 5 heteroatoms. The number of carbonyl (C=O) groups excluding carboxylic acids is 1. The first kappa shape index (κ1) is 16.3. The van der Waals surface area contributed by atoms with Crippen molar-refractivity contribution in [3.63, 3.8) is 0 Å². The maximum absolute atomic E-state index is 12.6. The summed E-state index contributed by atoms with van der Waals surface area (Å²) < 4.78 is 0. The smallest absolute Gasteiger partial charge is 0.311 e. The summed E-state index contributed by atoms with van der Waals surface area (Å²) >= 11 is 0. The van der Waals surface area contributed by atoms with E-state index < -0.39 is 11.4 Å². The van der Waals surface area contributed by atoms with Crippen LogP contribution in [-0.4, -0.2) is 59.0 Å². The summed E-state index contributed by atoms with van der Waals surface area (Å²) in [6.07, 6.45) is 4.02. The van der Waals surface area contributed by atoms with E-state index in [9.17, 15) is 14.7 Å². The van der Waals surface area contributed by atoms with Crippen molar-refractivity contribution in [2.45, 2.75) is 52.5 Å². The number of nitrogens with zero attached hydrogens (tertiary/aromatic N) is 2. The first-order valence-electron chi connectivity index (χ1n) is 8.15. The van der Waals surface area contributed by atoms with Gasteiger partial charge in [-0.15, -0.1) is 0 Å². The van der Waals surface area contributed by atoms with Crippen LogP contribution in [0.4, 0.5) is 0 Å². The van der Waals surface area contributed by atoms with Crippen molar-refractivity contribution in [2.24, 2.45) is 11.3 Å². The Hall–Kier alpha value is -1.10. The molecule has 120 valence electrons. The lowest BCUT2D eigenvalue weighted by Crippen LogP contribution is -2.49. The summed E-state index contributed by atoms with van der Waals surface area (Å²) in [7, 11) is 0. The Labute approximate surface area is 127 Å². The van der Waals surface area contributed by atoms with Crippen LogP contribution in [-0.2, 0) is 9.59 Å². The van der Waals surface area contributed by atoms with E-state index in [4.69, 9.17) is 0 Å². The molecule has 2 unspecified atom stereocenters. The minimum atomic E-state index is -0.724. The molecule has 2 fully saturated rings. The SMILES string of the molecule is CC(C(=O)N1CCCCC1)N1CCC(C(=O)O)(C(C)C)C1. The van der Waals surface area contributed by atoms with Crippen LogP contribution in [0, 0.1) is 11.3 Å². The van der Waals surface area contributed by atoms with Crippen molar-refractivity contribution in [3.05, 3.63) is 0 Å². The number of carboxylic acids is 1. The fraction of sp³-hybridized carbons (Fsp3) is 0.875. The lowest BCUT2D eigenvalue weighted by molar-refractivity contribution is -0.151. The number of likely N-dealkylation sites (tertiary alicyclic amines) is 2. The Morgan fingerprint density at radius 1 is 1.05 bits per heavy atom. The second kappa shape index (κ2) is 6.34. The first-order valence-corrected chi connectivity index (χ1v) is 8.15. The van der Waals surface area contributed by atoms with Crippen molar-refractivity contribution >= 4 is 11.9 Å². The highest BCUT2D eigenvalue weighted by molar-refractivity contribution is 5.82. The first-order chi connectivity index (χ1) is 9.88. The van der Waals surface area contributed by atoms with Crippen molar-refractivity contribution in [1.82, 2.24) is 9.80 Å². The van der Waals surface area contributed by atoms with Crippen LogP contribution >= 0.6 is 0 Å². The van der Waals surface area contributed by atoms with Crippen LogP contribution in [0.5, 0.6) is 0 Å². The van der Waals surface area contributed by atoms with Crippen LogP contribution in [0.1, 0.15) is 46.5 Å². The Bertz CT molecular complexity index is 404. The van der Waals surface area contributed by atoms with E-state index in [0.29, 0.717) is 19.5 Å². The maximum atomic E-state index is 12.6. The van der Waals surface area contributed by atoms with E-state index in [1.165, 1.54) is 6.42 Å². The van der Waals surface area contributed by atoms with E-state index in [1.54, 1.807) is 0 Å². The number of carbonyl (C=O) groups is 2. The number of carboxylic acid groups (broad SMARTS) is 1. The average molecular weight is 296 g/mol. The fourth-order valence-corrected chi connectivity index (χ4v) is 3.62. The molecule has 0 bridgehead atoms. The van der Waals surface area contributed by atoms with Gasteiger partial charge in [-0.3, -0.25) is 14.5 Å². The molecule has 0 aliphatic carbocycles. The lowest BCUT2D eigenvalue weighted by atomic mass is 9.76. The van der Waals surface area contributed by atoms with Crippen molar-refractivity contribution < 1.29 is 14.7 Å². The van der Waals surface area contributed by atoms with Gasteiger partial charge >= 0.3 is 5.97 Å². The molecule has 1 amide bonds. The Morgan fingerprint density at radius 2 is 1.67 bits per heavy atom. The molecule has 2 aliphatic rings. The number of piperidine rings is 1. The lowest BCUT2D eigenvalue weighted by Gasteiger charge is -2.34. The van der Waals surface area contributed by atoms with Gasteiger partial charge in [-0.05, 0) is 38.5 Å². The number of aliphatic carboxylic acids is 1. The number of rotatable bonds is 4. The van der Waals surface area contributed by atoms with Crippen LogP contribution in [0.15, 0.2) is 0 Å². The van der Waals surface area contributed by atoms with Crippen LogP contribution in [0.2, 0.25) is 0 Å². The third-order valence-corrected chi connectivity index (χ3v) is 5.43. The molecule has 2 heterocycles. The van der Waals surface area contributed by atoms with Gasteiger partial charge in [0.05, 0.1) is 11.5 Å². The Morgan fingerprint density at radius 3 is 2.14 bits per heavy atom. The standard InChI is InChI=1S/C16H28N2O3/c1-12(2)16(15(20)21)7-10-18(11-16)13(3)14(19)17-8-5-4-6-9-17/h12-13H,4-11H2,1-3H3,(H,20,21). The molecule has 0 spiro atoms. The summed E-state index contributed by atoms with van der Waals surface area (Å²) in [5, 5.41) is 9.60. The zero-order valence-corrected chi connectivity index (χ0v) is 13.5. The third-order valence-electron chi connectivity index (χ3n) is 5.43. The van der Waals surface area contributed by atoms with Gasteiger partial charge in [-0.2, -0.15) is 0 Å². The van der Waals surface area contributed by atoms with Gasteiger partial charge in [0.2, 0.25) is 5.91 Å². The molecule has 0 radical (unpaired) electrons. The summed E-state index contributed by atoms with van der Waals surface area (Å²) in [5.74, 6) is -0.477. The molecular weight excluding hydrogens is 268 g/mol. The molecule has 0 saturated carbocycles. The average Bonchev–Trinajstić information content (AvgIpc) is 2.93.